The van der Waals surface area contributed by atoms with Gasteiger partial charge in [-0.2, -0.15) is 0 Å². The number of nitrogens with zero attached hydrogens (tertiary/aromatic N) is 4. The minimum Gasteiger partial charge on any atom is -0.348 e. The summed E-state index contributed by atoms with van der Waals surface area (Å²) in [6.45, 7) is 1.38. The Morgan fingerprint density at radius 2 is 2.10 bits per heavy atom. The van der Waals surface area contributed by atoms with Crippen LogP contribution in [0.3, 0.4) is 0 Å². The van der Waals surface area contributed by atoms with Gasteiger partial charge in [0.05, 0.1) is 6.04 Å². The lowest BCUT2D eigenvalue weighted by Crippen LogP contribution is -2.34. The summed E-state index contributed by atoms with van der Waals surface area (Å²) in [7, 11) is 3.94. The van der Waals surface area contributed by atoms with Gasteiger partial charge >= 0.3 is 0 Å². The van der Waals surface area contributed by atoms with Gasteiger partial charge < -0.3 is 10.2 Å². The van der Waals surface area contributed by atoms with Crippen molar-refractivity contribution < 1.29 is 4.79 Å². The zero-order chi connectivity index (χ0) is 14.8. The highest BCUT2D eigenvalue weighted by Crippen LogP contribution is 2.32. The molecule has 2 heterocycles. The van der Waals surface area contributed by atoms with Crippen LogP contribution in [0.4, 0.5) is 0 Å². The van der Waals surface area contributed by atoms with Gasteiger partial charge in [0.15, 0.2) is 5.82 Å². The molecule has 1 aromatic heterocycles. The molecule has 0 radical (unpaired) electrons. The highest BCUT2D eigenvalue weighted by Gasteiger charge is 2.29. The first-order valence-corrected chi connectivity index (χ1v) is 7.08. The highest BCUT2D eigenvalue weighted by molar-refractivity contribution is 5.91. The van der Waals surface area contributed by atoms with E-state index in [2.05, 4.69) is 33.7 Å². The van der Waals surface area contributed by atoms with Crippen molar-refractivity contribution in [3.8, 4) is 0 Å². The summed E-state index contributed by atoms with van der Waals surface area (Å²) in [5.74, 6) is 1.19. The normalized spacial score (nSPS) is 22.2. The van der Waals surface area contributed by atoms with E-state index in [1.54, 1.807) is 0 Å². The third kappa shape index (κ3) is 2.67. The fraction of sp³-hybridized carbons (Fsp3) is 0.400. The second kappa shape index (κ2) is 5.65. The van der Waals surface area contributed by atoms with Gasteiger partial charge in [-0.05, 0) is 20.2 Å². The molecule has 1 aromatic rings. The zero-order valence-corrected chi connectivity index (χ0v) is 12.2. The van der Waals surface area contributed by atoms with Crippen LogP contribution in [-0.4, -0.2) is 52.8 Å². The van der Waals surface area contributed by atoms with Crippen LogP contribution < -0.4 is 5.32 Å². The fourth-order valence-corrected chi connectivity index (χ4v) is 2.58. The lowest BCUT2D eigenvalue weighted by Gasteiger charge is -2.27. The molecule has 2 aliphatic rings. The van der Waals surface area contributed by atoms with Crippen molar-refractivity contribution in [3.05, 3.63) is 42.0 Å². The Kier molecular flexibility index (Phi) is 3.70. The summed E-state index contributed by atoms with van der Waals surface area (Å²) in [6, 6.07) is 0.0830. The molecule has 1 aliphatic heterocycles. The number of likely N-dealkylation sites (N-methyl/N-ethyl adjacent to an activating group) is 1. The molecule has 1 aliphatic carbocycles. The molecule has 0 fully saturated rings. The van der Waals surface area contributed by atoms with Crippen molar-refractivity contribution in [2.75, 3.05) is 27.2 Å². The first kappa shape index (κ1) is 13.8. The van der Waals surface area contributed by atoms with Gasteiger partial charge in [0.2, 0.25) is 5.82 Å². The average molecular weight is 285 g/mol. The van der Waals surface area contributed by atoms with Crippen LogP contribution in [0, 0.1) is 5.92 Å². The van der Waals surface area contributed by atoms with Crippen molar-refractivity contribution in [1.82, 2.24) is 25.0 Å². The maximum atomic E-state index is 12.3. The number of carbonyl (C=O) groups excluding carboxylic acids is 1. The molecule has 6 heteroatoms. The maximum Gasteiger partial charge on any atom is 0.289 e. The summed E-state index contributed by atoms with van der Waals surface area (Å²) < 4.78 is 1.91. The van der Waals surface area contributed by atoms with Gasteiger partial charge in [0.1, 0.15) is 0 Å². The second-order valence-electron chi connectivity index (χ2n) is 5.51. The van der Waals surface area contributed by atoms with Gasteiger partial charge in [0.25, 0.3) is 5.91 Å². The Morgan fingerprint density at radius 1 is 1.29 bits per heavy atom. The van der Waals surface area contributed by atoms with Crippen LogP contribution >= 0.6 is 0 Å². The molecule has 6 nitrogen and oxygen atoms in total. The summed E-state index contributed by atoms with van der Waals surface area (Å²) in [5.41, 5.74) is 0. The molecular formula is C15H19N5O. The number of amides is 1. The first-order chi connectivity index (χ1) is 10.2. The van der Waals surface area contributed by atoms with E-state index < -0.39 is 0 Å². The third-order valence-corrected chi connectivity index (χ3v) is 3.68. The molecule has 21 heavy (non-hydrogen) atoms. The molecule has 0 bridgehead atoms. The number of hydrogen-bond acceptors (Lipinski definition) is 4. The molecule has 2 unspecified atom stereocenters. The van der Waals surface area contributed by atoms with Crippen molar-refractivity contribution >= 4 is 12.0 Å². The third-order valence-electron chi connectivity index (χ3n) is 3.68. The standard InChI is InChI=1S/C15H19N5O/c1-19(2)10-9-16-15(21)14-18-17-13-8-7-11-5-3-4-6-12(11)20(13)14/h3-8,11-12H,9-10H2,1-2H3,(H,16,21). The van der Waals surface area contributed by atoms with Crippen molar-refractivity contribution in [3.63, 3.8) is 0 Å². The summed E-state index contributed by atoms with van der Waals surface area (Å²) >= 11 is 0. The van der Waals surface area contributed by atoms with Crippen molar-refractivity contribution in [2.24, 2.45) is 5.92 Å². The summed E-state index contributed by atoms with van der Waals surface area (Å²) in [4.78, 5) is 14.3. The highest BCUT2D eigenvalue weighted by atomic mass is 16.2. The van der Waals surface area contributed by atoms with E-state index in [1.807, 2.05) is 41.8 Å². The smallest absolute Gasteiger partial charge is 0.289 e. The first-order valence-electron chi connectivity index (χ1n) is 7.08. The number of hydrogen-bond donors (Lipinski definition) is 1. The molecule has 3 rings (SSSR count). The van der Waals surface area contributed by atoms with Crippen LogP contribution in [0.15, 0.2) is 30.4 Å². The quantitative estimate of drug-likeness (QED) is 0.892. The maximum absolute atomic E-state index is 12.3. The van der Waals surface area contributed by atoms with Gasteiger partial charge in [-0.3, -0.25) is 9.36 Å². The minimum atomic E-state index is -0.174. The molecule has 1 N–H and O–H groups in total. The Balaban J connectivity index is 1.81. The average Bonchev–Trinajstić information content (AvgIpc) is 2.91. The Hall–Kier alpha value is -2.21. The van der Waals surface area contributed by atoms with E-state index in [-0.39, 0.29) is 17.9 Å². The van der Waals surface area contributed by atoms with Gasteiger partial charge in [-0.1, -0.05) is 30.4 Å². The van der Waals surface area contributed by atoms with E-state index in [1.165, 1.54) is 0 Å². The topological polar surface area (TPSA) is 63.1 Å². The van der Waals surface area contributed by atoms with Gasteiger partial charge in [-0.25, -0.2) is 0 Å². The number of aromatic nitrogens is 3. The molecule has 0 spiro atoms. The number of carbonyl (C=O) groups is 1. The number of nitrogens with one attached hydrogen (secondary N) is 1. The van der Waals surface area contributed by atoms with E-state index in [9.17, 15) is 4.79 Å². The van der Waals surface area contributed by atoms with Crippen LogP contribution in [0.5, 0.6) is 0 Å². The van der Waals surface area contributed by atoms with E-state index in [0.717, 1.165) is 12.4 Å². The van der Waals surface area contributed by atoms with Crippen LogP contribution in [0.1, 0.15) is 22.5 Å². The summed E-state index contributed by atoms with van der Waals surface area (Å²) in [5, 5.41) is 11.1. The lowest BCUT2D eigenvalue weighted by atomic mass is 9.92. The predicted molar refractivity (Wildman–Crippen MR) is 80.8 cm³/mol. The zero-order valence-electron chi connectivity index (χ0n) is 12.2. The molecule has 0 saturated heterocycles. The molecule has 1 amide bonds. The number of rotatable bonds is 4. The Morgan fingerprint density at radius 3 is 2.90 bits per heavy atom. The van der Waals surface area contributed by atoms with Gasteiger partial charge in [-0.15, -0.1) is 10.2 Å². The predicted octanol–water partition coefficient (Wildman–Crippen LogP) is 0.880. The second-order valence-corrected chi connectivity index (χ2v) is 5.51. The number of fused-ring (bicyclic) bond motifs is 3. The molecule has 2 atom stereocenters. The number of allylic oxidation sites excluding steroid dienone is 5. The SMILES string of the molecule is CN(C)CCNC(=O)c1nnc2n1C1C=CC=CC1C=C2. The molecule has 0 aromatic carbocycles. The Labute approximate surface area is 123 Å². The van der Waals surface area contributed by atoms with E-state index in [0.29, 0.717) is 12.4 Å². The minimum absolute atomic E-state index is 0.0830. The van der Waals surface area contributed by atoms with E-state index >= 15 is 0 Å². The van der Waals surface area contributed by atoms with Crippen molar-refractivity contribution in [2.45, 2.75) is 6.04 Å². The summed E-state index contributed by atoms with van der Waals surface area (Å²) in [6.07, 6.45) is 12.3. The lowest BCUT2D eigenvalue weighted by molar-refractivity contribution is 0.0934. The molecular weight excluding hydrogens is 266 g/mol. The largest absolute Gasteiger partial charge is 0.348 e. The van der Waals surface area contributed by atoms with Crippen LogP contribution in [0.2, 0.25) is 0 Å². The van der Waals surface area contributed by atoms with Crippen LogP contribution in [-0.2, 0) is 0 Å². The van der Waals surface area contributed by atoms with Crippen molar-refractivity contribution in [1.29, 1.82) is 0 Å². The Bertz CT molecular complexity index is 626. The molecule has 110 valence electrons. The monoisotopic (exact) mass is 285 g/mol. The van der Waals surface area contributed by atoms with Crippen LogP contribution in [0.25, 0.3) is 6.08 Å². The van der Waals surface area contributed by atoms with Gasteiger partial charge in [0, 0.05) is 19.0 Å². The van der Waals surface area contributed by atoms with E-state index in [4.69, 9.17) is 0 Å². The fourth-order valence-electron chi connectivity index (χ4n) is 2.58. The molecule has 0 saturated carbocycles.